The maximum atomic E-state index is 12.8. The van der Waals surface area contributed by atoms with E-state index in [2.05, 4.69) is 10.1 Å². The maximum Gasteiger partial charge on any atom is 0.404 e. The number of methoxy groups -OCH3 is 1. The van der Waals surface area contributed by atoms with Crippen molar-refractivity contribution < 1.29 is 35.9 Å². The first-order valence-corrected chi connectivity index (χ1v) is 6.16. The molecule has 1 aliphatic rings. The molecule has 11 heteroatoms. The normalized spacial score (nSPS) is 18.2. The van der Waals surface area contributed by atoms with Crippen LogP contribution in [0.2, 0.25) is 0 Å². The van der Waals surface area contributed by atoms with Gasteiger partial charge in [0.1, 0.15) is 0 Å². The van der Waals surface area contributed by atoms with Crippen LogP contribution >= 0.6 is 12.4 Å². The van der Waals surface area contributed by atoms with Crippen LogP contribution in [0.25, 0.3) is 0 Å². The van der Waals surface area contributed by atoms with Crippen molar-refractivity contribution in [2.45, 2.75) is 18.8 Å². The Morgan fingerprint density at radius 1 is 1.23 bits per heavy atom. The Balaban J connectivity index is 0.00000441. The number of halogens is 7. The van der Waals surface area contributed by atoms with Gasteiger partial charge in [-0.2, -0.15) is 26.3 Å². The van der Waals surface area contributed by atoms with Gasteiger partial charge >= 0.3 is 12.4 Å². The quantitative estimate of drug-likeness (QED) is 0.603. The van der Waals surface area contributed by atoms with E-state index < -0.39 is 43.2 Å². The zero-order chi connectivity index (χ0) is 16.3. The van der Waals surface area contributed by atoms with Crippen molar-refractivity contribution >= 4 is 18.3 Å². The fourth-order valence-electron chi connectivity index (χ4n) is 2.13. The van der Waals surface area contributed by atoms with Crippen molar-refractivity contribution in [3.05, 3.63) is 0 Å². The van der Waals surface area contributed by atoms with Crippen LogP contribution in [-0.2, 0) is 9.53 Å². The first kappa shape index (κ1) is 21.3. The number of carbonyl (C=O) groups excluding carboxylic acids is 1. The molecule has 0 aromatic rings. The summed E-state index contributed by atoms with van der Waals surface area (Å²) in [4.78, 5) is 12.2. The second-order valence-electron chi connectivity index (χ2n) is 4.81. The summed E-state index contributed by atoms with van der Waals surface area (Å²) in [6.45, 7) is -1.72. The Labute approximate surface area is 129 Å². The fourth-order valence-corrected chi connectivity index (χ4v) is 2.13. The highest BCUT2D eigenvalue weighted by molar-refractivity contribution is 5.85. The molecule has 4 nitrogen and oxygen atoms in total. The number of ether oxygens (including phenoxy) is 1. The average molecular weight is 359 g/mol. The van der Waals surface area contributed by atoms with Crippen LogP contribution in [0.3, 0.4) is 0 Å². The molecule has 0 aromatic carbocycles. The van der Waals surface area contributed by atoms with E-state index >= 15 is 0 Å². The van der Waals surface area contributed by atoms with Crippen LogP contribution in [0.1, 0.15) is 6.42 Å². The highest BCUT2D eigenvalue weighted by Gasteiger charge is 2.72. The number of nitrogens with zero attached hydrogens (tertiary/aromatic N) is 1. The Hall–Kier alpha value is -0.740. The lowest BCUT2D eigenvalue weighted by Crippen LogP contribution is -2.52. The van der Waals surface area contributed by atoms with Gasteiger partial charge in [0.2, 0.25) is 5.91 Å². The molecular weight excluding hydrogens is 342 g/mol. The molecular formula is C11H17ClF6N2O2. The number of rotatable bonds is 5. The van der Waals surface area contributed by atoms with E-state index in [0.717, 1.165) is 0 Å². The van der Waals surface area contributed by atoms with E-state index in [9.17, 15) is 31.1 Å². The summed E-state index contributed by atoms with van der Waals surface area (Å²) in [7, 11) is 1.42. The molecule has 0 bridgehead atoms. The molecule has 0 unspecified atom stereocenters. The lowest BCUT2D eigenvalue weighted by molar-refractivity contribution is -0.334. The monoisotopic (exact) mass is 358 g/mol. The number of carbonyl (C=O) groups is 1. The molecule has 0 radical (unpaired) electrons. The second kappa shape index (κ2) is 7.69. The molecule has 0 spiro atoms. The summed E-state index contributed by atoms with van der Waals surface area (Å²) in [6, 6.07) is 0. The molecule has 0 atom stereocenters. The molecule has 1 heterocycles. The van der Waals surface area contributed by atoms with E-state index in [1.54, 1.807) is 0 Å². The Kier molecular flexibility index (Phi) is 7.43. The summed E-state index contributed by atoms with van der Waals surface area (Å²) < 4.78 is 81.6. The van der Waals surface area contributed by atoms with Gasteiger partial charge in [-0.3, -0.25) is 4.79 Å². The molecule has 132 valence electrons. The third-order valence-corrected chi connectivity index (χ3v) is 3.47. The van der Waals surface area contributed by atoms with Crippen LogP contribution < -0.4 is 5.32 Å². The standard InChI is InChI=1S/C11H16F6N2O2.ClH/c1-21-5-3-18-6-8(20)19-4-2-9(7-19,10(12,13)14)11(15,16)17;/h18H,2-7H2,1H3;1H. The Morgan fingerprint density at radius 3 is 2.18 bits per heavy atom. The Bertz CT molecular complexity index is 361. The molecule has 0 aromatic heterocycles. The summed E-state index contributed by atoms with van der Waals surface area (Å²) in [5, 5.41) is 2.59. The molecule has 0 aliphatic carbocycles. The topological polar surface area (TPSA) is 41.6 Å². The average Bonchev–Trinajstić information content (AvgIpc) is 2.79. The zero-order valence-electron chi connectivity index (χ0n) is 11.7. The molecule has 1 fully saturated rings. The molecule has 1 saturated heterocycles. The number of hydrogen-bond acceptors (Lipinski definition) is 3. The van der Waals surface area contributed by atoms with E-state index in [1.807, 2.05) is 0 Å². The SMILES string of the molecule is COCCNCC(=O)N1CCC(C(F)(F)F)(C(F)(F)F)C1.Cl. The van der Waals surface area contributed by atoms with Gasteiger partial charge in [-0.25, -0.2) is 0 Å². The highest BCUT2D eigenvalue weighted by Crippen LogP contribution is 2.55. The maximum absolute atomic E-state index is 12.8. The number of alkyl halides is 6. The van der Waals surface area contributed by atoms with Crippen LogP contribution in [0.5, 0.6) is 0 Å². The molecule has 1 N–H and O–H groups in total. The van der Waals surface area contributed by atoms with E-state index in [4.69, 9.17) is 0 Å². The summed E-state index contributed by atoms with van der Waals surface area (Å²) >= 11 is 0. The Morgan fingerprint density at radius 2 is 1.77 bits per heavy atom. The van der Waals surface area contributed by atoms with Gasteiger partial charge in [0.15, 0.2) is 5.41 Å². The zero-order valence-corrected chi connectivity index (χ0v) is 12.5. The van der Waals surface area contributed by atoms with Crippen LogP contribution in [0.15, 0.2) is 0 Å². The van der Waals surface area contributed by atoms with Crippen molar-refractivity contribution in [3.8, 4) is 0 Å². The van der Waals surface area contributed by atoms with Gasteiger partial charge < -0.3 is 15.0 Å². The minimum absolute atomic E-state index is 0. The van der Waals surface area contributed by atoms with Gasteiger partial charge in [-0.1, -0.05) is 0 Å². The predicted octanol–water partition coefficient (Wildman–Crippen LogP) is 1.99. The highest BCUT2D eigenvalue weighted by atomic mass is 35.5. The van der Waals surface area contributed by atoms with Gasteiger partial charge in [-0.05, 0) is 6.42 Å². The van der Waals surface area contributed by atoms with Gasteiger partial charge in [0, 0.05) is 26.7 Å². The largest absolute Gasteiger partial charge is 0.404 e. The smallest absolute Gasteiger partial charge is 0.383 e. The van der Waals surface area contributed by atoms with Gasteiger partial charge in [-0.15, -0.1) is 12.4 Å². The lowest BCUT2D eigenvalue weighted by Gasteiger charge is -2.33. The molecule has 0 saturated carbocycles. The van der Waals surface area contributed by atoms with E-state index in [1.165, 1.54) is 7.11 Å². The molecule has 22 heavy (non-hydrogen) atoms. The summed E-state index contributed by atoms with van der Waals surface area (Å²) in [5.74, 6) is -0.790. The number of amides is 1. The van der Waals surface area contributed by atoms with Gasteiger partial charge in [0.25, 0.3) is 0 Å². The lowest BCUT2D eigenvalue weighted by atomic mass is 9.85. The first-order chi connectivity index (χ1) is 9.55. The fraction of sp³-hybridized carbons (Fsp3) is 0.909. The summed E-state index contributed by atoms with van der Waals surface area (Å²) in [6.07, 6.45) is -12.0. The summed E-state index contributed by atoms with van der Waals surface area (Å²) in [5.41, 5.74) is -3.83. The minimum Gasteiger partial charge on any atom is -0.383 e. The van der Waals surface area contributed by atoms with Crippen molar-refractivity contribution in [3.63, 3.8) is 0 Å². The van der Waals surface area contributed by atoms with E-state index in [0.29, 0.717) is 4.90 Å². The van der Waals surface area contributed by atoms with Crippen LogP contribution in [-0.4, -0.2) is 63.1 Å². The third kappa shape index (κ3) is 4.39. The van der Waals surface area contributed by atoms with Crippen molar-refractivity contribution in [2.24, 2.45) is 5.41 Å². The third-order valence-electron chi connectivity index (χ3n) is 3.47. The van der Waals surface area contributed by atoms with Crippen LogP contribution in [0.4, 0.5) is 26.3 Å². The number of hydrogen-bond donors (Lipinski definition) is 1. The van der Waals surface area contributed by atoms with Crippen molar-refractivity contribution in [1.82, 2.24) is 10.2 Å². The minimum atomic E-state index is -5.44. The van der Waals surface area contributed by atoms with Crippen molar-refractivity contribution in [1.29, 1.82) is 0 Å². The molecule has 1 aliphatic heterocycles. The van der Waals surface area contributed by atoms with Crippen LogP contribution in [0, 0.1) is 5.41 Å². The second-order valence-corrected chi connectivity index (χ2v) is 4.81. The van der Waals surface area contributed by atoms with E-state index in [-0.39, 0.29) is 32.1 Å². The number of nitrogens with one attached hydrogen (secondary N) is 1. The molecule has 1 amide bonds. The first-order valence-electron chi connectivity index (χ1n) is 6.16. The van der Waals surface area contributed by atoms with Crippen molar-refractivity contribution in [2.75, 3.05) is 39.9 Å². The predicted molar refractivity (Wildman–Crippen MR) is 67.7 cm³/mol. The van der Waals surface area contributed by atoms with Gasteiger partial charge in [0.05, 0.1) is 13.2 Å². The molecule has 1 rings (SSSR count). The number of likely N-dealkylation sites (tertiary alicyclic amines) is 1.